The predicted octanol–water partition coefficient (Wildman–Crippen LogP) is 0.525. The Labute approximate surface area is 79.0 Å². The van der Waals surface area contributed by atoms with E-state index in [0.717, 1.165) is 31.8 Å². The van der Waals surface area contributed by atoms with E-state index in [1.54, 1.807) is 0 Å². The average molecular weight is 186 g/mol. The van der Waals surface area contributed by atoms with E-state index in [1.807, 2.05) is 4.90 Å². The minimum Gasteiger partial charge on any atom is -0.343 e. The molecule has 0 bridgehead atoms. The van der Waals surface area contributed by atoms with Crippen LogP contribution in [0.4, 0.5) is 0 Å². The van der Waals surface area contributed by atoms with Gasteiger partial charge in [-0.15, -0.1) is 0 Å². The molecule has 4 nitrogen and oxygen atoms in total. The largest absolute Gasteiger partial charge is 0.343 e. The van der Waals surface area contributed by atoms with Crippen molar-refractivity contribution in [2.75, 3.05) is 19.7 Å². The van der Waals surface area contributed by atoms with E-state index >= 15 is 0 Å². The fourth-order valence-electron chi connectivity index (χ4n) is 1.56. The lowest BCUT2D eigenvalue weighted by Crippen LogP contribution is -2.38. The molecule has 1 aliphatic heterocycles. The summed E-state index contributed by atoms with van der Waals surface area (Å²) in [6, 6.07) is 0. The van der Waals surface area contributed by atoms with E-state index in [0.29, 0.717) is 13.0 Å². The highest BCUT2D eigenvalue weighted by Crippen LogP contribution is 2.16. The van der Waals surface area contributed by atoms with Crippen molar-refractivity contribution in [1.82, 2.24) is 4.90 Å². The maximum absolute atomic E-state index is 11.5. The van der Waals surface area contributed by atoms with Crippen LogP contribution in [0, 0.1) is 5.92 Å². The molecule has 1 amide bonds. The normalized spacial score (nSPS) is 19.1. The Kier molecular flexibility index (Phi) is 4.18. The molecule has 0 aromatic carbocycles. The maximum atomic E-state index is 11.5. The number of likely N-dealkylation sites (tertiary alicyclic amines) is 1. The van der Waals surface area contributed by atoms with Crippen molar-refractivity contribution in [3.05, 3.63) is 0 Å². The van der Waals surface area contributed by atoms with Crippen LogP contribution in [0.2, 0.25) is 0 Å². The number of carbonyl (C=O) groups is 1. The summed E-state index contributed by atoms with van der Waals surface area (Å²) < 4.78 is 0. The van der Waals surface area contributed by atoms with Crippen LogP contribution in [0.3, 0.4) is 0 Å². The van der Waals surface area contributed by atoms with Crippen molar-refractivity contribution in [3.63, 3.8) is 0 Å². The molecule has 2 N–H and O–H groups in total. The first-order valence-corrected chi connectivity index (χ1v) is 4.83. The first-order valence-electron chi connectivity index (χ1n) is 4.83. The molecule has 0 atom stereocenters. The number of nitrogens with two attached hydrogens (primary N) is 1. The molecule has 13 heavy (non-hydrogen) atoms. The van der Waals surface area contributed by atoms with Crippen LogP contribution in [-0.4, -0.2) is 30.5 Å². The van der Waals surface area contributed by atoms with Crippen LogP contribution in [0.1, 0.15) is 26.2 Å². The van der Waals surface area contributed by atoms with Gasteiger partial charge >= 0.3 is 0 Å². The van der Waals surface area contributed by atoms with Crippen molar-refractivity contribution in [2.45, 2.75) is 26.2 Å². The maximum Gasteiger partial charge on any atom is 0.224 e. The lowest BCUT2D eigenvalue weighted by molar-refractivity contribution is -0.133. The summed E-state index contributed by atoms with van der Waals surface area (Å²) >= 11 is 0. The van der Waals surface area contributed by atoms with E-state index in [4.69, 9.17) is 5.90 Å². The molecule has 0 aromatic heterocycles. The van der Waals surface area contributed by atoms with Crippen molar-refractivity contribution < 1.29 is 9.63 Å². The number of amides is 1. The lowest BCUT2D eigenvalue weighted by Gasteiger charge is -2.30. The van der Waals surface area contributed by atoms with Gasteiger partial charge in [-0.05, 0) is 18.8 Å². The fourth-order valence-corrected chi connectivity index (χ4v) is 1.56. The lowest BCUT2D eigenvalue weighted by atomic mass is 9.99. The fraction of sp³-hybridized carbons (Fsp3) is 0.889. The number of carbonyl (C=O) groups excluding carboxylic acids is 1. The minimum atomic E-state index is 0.164. The average Bonchev–Trinajstić information content (AvgIpc) is 2.15. The topological polar surface area (TPSA) is 55.6 Å². The van der Waals surface area contributed by atoms with Gasteiger partial charge in [0.1, 0.15) is 0 Å². The summed E-state index contributed by atoms with van der Waals surface area (Å²) in [5.74, 6) is 5.78. The van der Waals surface area contributed by atoms with Crippen molar-refractivity contribution in [1.29, 1.82) is 0 Å². The zero-order valence-corrected chi connectivity index (χ0v) is 8.16. The summed E-state index contributed by atoms with van der Waals surface area (Å²) in [7, 11) is 0. The third-order valence-corrected chi connectivity index (χ3v) is 2.57. The Bertz CT molecular complexity index is 165. The highest BCUT2D eigenvalue weighted by atomic mass is 16.6. The number of piperidine rings is 1. The Morgan fingerprint density at radius 2 is 2.15 bits per heavy atom. The molecule has 1 rings (SSSR count). The van der Waals surface area contributed by atoms with Gasteiger partial charge < -0.3 is 9.74 Å². The van der Waals surface area contributed by atoms with Crippen LogP contribution >= 0.6 is 0 Å². The molecule has 4 heteroatoms. The second-order valence-electron chi connectivity index (χ2n) is 3.68. The van der Waals surface area contributed by atoms with E-state index in [9.17, 15) is 4.79 Å². The molecule has 0 radical (unpaired) electrons. The third-order valence-electron chi connectivity index (χ3n) is 2.57. The molecule has 1 heterocycles. The van der Waals surface area contributed by atoms with E-state index < -0.39 is 0 Å². The van der Waals surface area contributed by atoms with E-state index in [-0.39, 0.29) is 5.91 Å². The third kappa shape index (κ3) is 3.32. The SMILES string of the molecule is CC1CCN(C(=O)CCON)CC1. The number of hydrogen-bond acceptors (Lipinski definition) is 3. The zero-order chi connectivity index (χ0) is 9.68. The van der Waals surface area contributed by atoms with E-state index in [1.165, 1.54) is 0 Å². The Morgan fingerprint density at radius 3 is 2.69 bits per heavy atom. The van der Waals surface area contributed by atoms with Gasteiger partial charge in [0.2, 0.25) is 5.91 Å². The standard InChI is InChI=1S/C9H18N2O2/c1-8-2-5-11(6-3-8)9(12)4-7-13-10/h8H,2-7,10H2,1H3. The quantitative estimate of drug-likeness (QED) is 0.654. The highest BCUT2D eigenvalue weighted by Gasteiger charge is 2.19. The summed E-state index contributed by atoms with van der Waals surface area (Å²) in [5.41, 5.74) is 0. The summed E-state index contributed by atoms with van der Waals surface area (Å²) in [6.45, 7) is 4.34. The molecule has 0 aromatic rings. The first-order chi connectivity index (χ1) is 6.24. The summed E-state index contributed by atoms with van der Waals surface area (Å²) in [5, 5.41) is 0. The Balaban J connectivity index is 2.23. The van der Waals surface area contributed by atoms with Crippen LogP contribution in [0.25, 0.3) is 0 Å². The smallest absolute Gasteiger partial charge is 0.224 e. The number of rotatable bonds is 3. The number of nitrogens with zero attached hydrogens (tertiary/aromatic N) is 1. The van der Waals surface area contributed by atoms with Gasteiger partial charge in [0, 0.05) is 13.1 Å². The van der Waals surface area contributed by atoms with E-state index in [2.05, 4.69) is 11.8 Å². The Hall–Kier alpha value is -0.610. The van der Waals surface area contributed by atoms with Gasteiger partial charge in [0.05, 0.1) is 13.0 Å². The Morgan fingerprint density at radius 1 is 1.54 bits per heavy atom. The predicted molar refractivity (Wildman–Crippen MR) is 49.7 cm³/mol. The first kappa shape index (κ1) is 10.5. The van der Waals surface area contributed by atoms with Crippen LogP contribution in [0.15, 0.2) is 0 Å². The van der Waals surface area contributed by atoms with Crippen LogP contribution < -0.4 is 5.90 Å². The van der Waals surface area contributed by atoms with Crippen molar-refractivity contribution in [2.24, 2.45) is 11.8 Å². The molecular formula is C9H18N2O2. The molecule has 0 aliphatic carbocycles. The summed E-state index contributed by atoms with van der Waals surface area (Å²) in [4.78, 5) is 17.7. The zero-order valence-electron chi connectivity index (χ0n) is 8.16. The minimum absolute atomic E-state index is 0.164. The van der Waals surface area contributed by atoms with Gasteiger partial charge in [0.25, 0.3) is 0 Å². The van der Waals surface area contributed by atoms with Gasteiger partial charge in [-0.2, -0.15) is 0 Å². The second kappa shape index (κ2) is 5.19. The summed E-state index contributed by atoms with van der Waals surface area (Å²) in [6.07, 6.45) is 2.65. The molecule has 76 valence electrons. The molecule has 1 saturated heterocycles. The molecule has 0 spiro atoms. The van der Waals surface area contributed by atoms with Gasteiger partial charge in [-0.1, -0.05) is 6.92 Å². The van der Waals surface area contributed by atoms with Crippen molar-refractivity contribution >= 4 is 5.91 Å². The van der Waals surface area contributed by atoms with Gasteiger partial charge in [-0.3, -0.25) is 4.79 Å². The molecular weight excluding hydrogens is 168 g/mol. The van der Waals surface area contributed by atoms with Crippen LogP contribution in [0.5, 0.6) is 0 Å². The highest BCUT2D eigenvalue weighted by molar-refractivity contribution is 5.76. The van der Waals surface area contributed by atoms with Crippen LogP contribution in [-0.2, 0) is 9.63 Å². The second-order valence-corrected chi connectivity index (χ2v) is 3.68. The van der Waals surface area contributed by atoms with Gasteiger partial charge in [0.15, 0.2) is 0 Å². The monoisotopic (exact) mass is 186 g/mol. The number of hydrogen-bond donors (Lipinski definition) is 1. The molecule has 1 aliphatic rings. The molecule has 0 saturated carbocycles. The molecule has 0 unspecified atom stereocenters. The van der Waals surface area contributed by atoms with Crippen molar-refractivity contribution in [3.8, 4) is 0 Å². The molecule has 1 fully saturated rings. The van der Waals surface area contributed by atoms with Gasteiger partial charge in [-0.25, -0.2) is 5.90 Å².